The van der Waals surface area contributed by atoms with Gasteiger partial charge >= 0.3 is 11.9 Å². The minimum Gasteiger partial charge on any atom is -0.481 e. The molecule has 1 saturated heterocycles. The minimum atomic E-state index is -1.09. The average molecular weight is 426 g/mol. The molecule has 1 aliphatic rings. The molecule has 0 aliphatic carbocycles. The number of carboxylic acid groups (broad SMARTS) is 1. The van der Waals surface area contributed by atoms with Crippen LogP contribution in [0.4, 0.5) is 5.69 Å². The molecule has 0 radical (unpaired) electrons. The first-order chi connectivity index (χ1) is 14.5. The van der Waals surface area contributed by atoms with Crippen molar-refractivity contribution in [3.63, 3.8) is 0 Å². The molecule has 8 nitrogen and oxygen atoms in total. The molecule has 2 aromatic carbocycles. The number of amides is 1. The van der Waals surface area contributed by atoms with Crippen LogP contribution < -0.4 is 10.1 Å². The van der Waals surface area contributed by atoms with E-state index in [1.54, 1.807) is 61.5 Å². The van der Waals surface area contributed by atoms with E-state index >= 15 is 0 Å². The fraction of sp³-hybridized carbons (Fsp3) is 0.143. The summed E-state index contributed by atoms with van der Waals surface area (Å²) in [5, 5.41) is 11.9. The number of thioether (sulfide) groups is 1. The van der Waals surface area contributed by atoms with Gasteiger partial charge in [-0.05, 0) is 55.1 Å². The van der Waals surface area contributed by atoms with Crippen LogP contribution in [0.2, 0.25) is 0 Å². The molecule has 0 saturated carbocycles. The Kier molecular flexibility index (Phi) is 6.87. The number of carboxylic acids is 1. The highest BCUT2D eigenvalue weighted by Crippen LogP contribution is 2.30. The van der Waals surface area contributed by atoms with Gasteiger partial charge in [-0.2, -0.15) is 0 Å². The summed E-state index contributed by atoms with van der Waals surface area (Å²) in [5.41, 5.74) is 1.57. The van der Waals surface area contributed by atoms with Crippen molar-refractivity contribution >= 4 is 46.5 Å². The van der Waals surface area contributed by atoms with Gasteiger partial charge in [0.1, 0.15) is 5.75 Å². The average Bonchev–Trinajstić information content (AvgIpc) is 3.06. The maximum atomic E-state index is 12.3. The quantitative estimate of drug-likeness (QED) is 0.516. The Morgan fingerprint density at radius 3 is 2.60 bits per heavy atom. The number of hydrogen-bond donors (Lipinski definition) is 2. The number of nitrogens with one attached hydrogen (secondary N) is 1. The van der Waals surface area contributed by atoms with Gasteiger partial charge in [0.05, 0.1) is 22.8 Å². The lowest BCUT2D eigenvalue weighted by Gasteiger charge is -2.06. The third-order valence-electron chi connectivity index (χ3n) is 3.82. The maximum absolute atomic E-state index is 12.3. The summed E-state index contributed by atoms with van der Waals surface area (Å²) in [6, 6.07) is 13.3. The zero-order valence-corrected chi connectivity index (χ0v) is 16.8. The Bertz CT molecular complexity index is 1030. The van der Waals surface area contributed by atoms with Crippen molar-refractivity contribution in [1.29, 1.82) is 0 Å². The second-order valence-electron chi connectivity index (χ2n) is 5.97. The minimum absolute atomic E-state index is 0.297. The summed E-state index contributed by atoms with van der Waals surface area (Å²) >= 11 is 1.15. The van der Waals surface area contributed by atoms with Crippen molar-refractivity contribution in [1.82, 2.24) is 5.32 Å². The van der Waals surface area contributed by atoms with Crippen molar-refractivity contribution in [3.8, 4) is 5.75 Å². The van der Waals surface area contributed by atoms with Crippen LogP contribution >= 0.6 is 11.8 Å². The zero-order valence-electron chi connectivity index (χ0n) is 16.0. The number of ether oxygens (including phenoxy) is 2. The van der Waals surface area contributed by atoms with Crippen molar-refractivity contribution in [2.45, 2.75) is 6.92 Å². The topological polar surface area (TPSA) is 114 Å². The molecule has 1 aliphatic heterocycles. The van der Waals surface area contributed by atoms with E-state index in [2.05, 4.69) is 10.3 Å². The van der Waals surface area contributed by atoms with Crippen LogP contribution in [0.1, 0.15) is 22.8 Å². The van der Waals surface area contributed by atoms with Gasteiger partial charge in [-0.3, -0.25) is 4.79 Å². The Morgan fingerprint density at radius 1 is 1.17 bits per heavy atom. The van der Waals surface area contributed by atoms with E-state index < -0.39 is 18.5 Å². The number of aliphatic imine (C=N–C) groups is 1. The first-order valence-electron chi connectivity index (χ1n) is 8.96. The number of carbonyl (C=O) groups excluding carboxylic acids is 2. The molecule has 30 heavy (non-hydrogen) atoms. The van der Waals surface area contributed by atoms with Gasteiger partial charge in [-0.25, -0.2) is 14.6 Å². The number of hydrogen-bond acceptors (Lipinski definition) is 7. The van der Waals surface area contributed by atoms with Gasteiger partial charge in [0.2, 0.25) is 0 Å². The molecule has 1 amide bonds. The fourth-order valence-corrected chi connectivity index (χ4v) is 3.33. The van der Waals surface area contributed by atoms with E-state index in [0.29, 0.717) is 39.2 Å². The number of benzene rings is 2. The van der Waals surface area contributed by atoms with E-state index in [9.17, 15) is 14.4 Å². The Morgan fingerprint density at radius 2 is 1.90 bits per heavy atom. The largest absolute Gasteiger partial charge is 0.481 e. The lowest BCUT2D eigenvalue weighted by Crippen LogP contribution is -2.19. The van der Waals surface area contributed by atoms with Crippen LogP contribution in [0.15, 0.2) is 58.4 Å². The SMILES string of the molecule is CCOC(=O)c1ccc(N=C2NC(=O)C(=Cc3ccccc3OCC(=O)O)S2)cc1. The number of para-hydroxylation sites is 1. The summed E-state index contributed by atoms with van der Waals surface area (Å²) in [7, 11) is 0. The molecular weight excluding hydrogens is 408 g/mol. The number of amidine groups is 1. The molecule has 1 fully saturated rings. The van der Waals surface area contributed by atoms with Crippen molar-refractivity contribution < 1.29 is 29.0 Å². The highest BCUT2D eigenvalue weighted by atomic mass is 32.2. The van der Waals surface area contributed by atoms with Crippen molar-refractivity contribution in [3.05, 3.63) is 64.6 Å². The van der Waals surface area contributed by atoms with Crippen LogP contribution in [0.5, 0.6) is 5.75 Å². The zero-order chi connectivity index (χ0) is 21.5. The summed E-state index contributed by atoms with van der Waals surface area (Å²) in [6.07, 6.45) is 1.61. The molecule has 0 bridgehead atoms. The molecule has 2 N–H and O–H groups in total. The molecule has 0 aromatic heterocycles. The summed E-state index contributed by atoms with van der Waals surface area (Å²) in [6.45, 7) is 1.55. The fourth-order valence-electron chi connectivity index (χ4n) is 2.50. The first-order valence-corrected chi connectivity index (χ1v) is 9.78. The Balaban J connectivity index is 1.75. The number of carbonyl (C=O) groups is 3. The highest BCUT2D eigenvalue weighted by molar-refractivity contribution is 8.18. The van der Waals surface area contributed by atoms with Crippen LogP contribution in [-0.2, 0) is 14.3 Å². The van der Waals surface area contributed by atoms with Gasteiger partial charge in [-0.15, -0.1) is 0 Å². The lowest BCUT2D eigenvalue weighted by atomic mass is 10.2. The van der Waals surface area contributed by atoms with E-state index in [0.717, 1.165) is 11.8 Å². The maximum Gasteiger partial charge on any atom is 0.341 e. The second kappa shape index (κ2) is 9.75. The molecule has 3 rings (SSSR count). The third kappa shape index (κ3) is 5.48. The normalized spacial score (nSPS) is 15.8. The predicted octanol–water partition coefficient (Wildman–Crippen LogP) is 3.22. The molecule has 9 heteroatoms. The van der Waals surface area contributed by atoms with E-state index in [1.807, 2.05) is 0 Å². The molecule has 154 valence electrons. The molecule has 0 unspecified atom stereocenters. The first kappa shape index (κ1) is 21.1. The Labute approximate surface area is 176 Å². The summed E-state index contributed by atoms with van der Waals surface area (Å²) < 4.78 is 10.2. The van der Waals surface area contributed by atoms with Gasteiger partial charge in [0, 0.05) is 5.56 Å². The van der Waals surface area contributed by atoms with Crippen LogP contribution in [-0.4, -0.2) is 41.3 Å². The highest BCUT2D eigenvalue weighted by Gasteiger charge is 2.24. The predicted molar refractivity (Wildman–Crippen MR) is 113 cm³/mol. The standard InChI is InChI=1S/C21H18N2O6S/c1-2-28-20(27)13-7-9-15(10-8-13)22-21-23-19(26)17(30-21)11-14-5-3-4-6-16(14)29-12-18(24)25/h3-11H,2,12H2,1H3,(H,24,25)(H,22,23,26). The van der Waals surface area contributed by atoms with E-state index in [1.165, 1.54) is 0 Å². The van der Waals surface area contributed by atoms with Crippen LogP contribution in [0.25, 0.3) is 6.08 Å². The van der Waals surface area contributed by atoms with Gasteiger partial charge in [-0.1, -0.05) is 18.2 Å². The number of aliphatic carboxylic acids is 1. The second-order valence-corrected chi connectivity index (χ2v) is 7.00. The summed E-state index contributed by atoms with van der Waals surface area (Å²) in [5.74, 6) is -1.46. The van der Waals surface area contributed by atoms with Crippen molar-refractivity contribution in [2.75, 3.05) is 13.2 Å². The number of esters is 1. The van der Waals surface area contributed by atoms with Crippen molar-refractivity contribution in [2.24, 2.45) is 4.99 Å². The third-order valence-corrected chi connectivity index (χ3v) is 4.73. The van der Waals surface area contributed by atoms with Crippen LogP contribution in [0.3, 0.4) is 0 Å². The lowest BCUT2D eigenvalue weighted by molar-refractivity contribution is -0.139. The number of rotatable bonds is 7. The molecule has 0 spiro atoms. The van der Waals surface area contributed by atoms with E-state index in [-0.39, 0.29) is 5.91 Å². The summed E-state index contributed by atoms with van der Waals surface area (Å²) in [4.78, 5) is 39.5. The molecule has 1 heterocycles. The molecular formula is C21H18N2O6S. The number of nitrogens with zero attached hydrogens (tertiary/aromatic N) is 1. The monoisotopic (exact) mass is 426 g/mol. The van der Waals surface area contributed by atoms with Gasteiger partial charge < -0.3 is 19.9 Å². The van der Waals surface area contributed by atoms with E-state index in [4.69, 9.17) is 14.6 Å². The molecule has 2 aromatic rings. The Hall–Kier alpha value is -3.59. The van der Waals surface area contributed by atoms with Gasteiger partial charge in [0.25, 0.3) is 5.91 Å². The van der Waals surface area contributed by atoms with Gasteiger partial charge in [0.15, 0.2) is 11.8 Å². The molecule has 0 atom stereocenters. The smallest absolute Gasteiger partial charge is 0.341 e. The van der Waals surface area contributed by atoms with Crippen LogP contribution in [0, 0.1) is 0 Å².